The maximum atomic E-state index is 12.8. The fourth-order valence-corrected chi connectivity index (χ4v) is 2.78. The van der Waals surface area contributed by atoms with Crippen molar-refractivity contribution in [3.05, 3.63) is 57.5 Å². The number of hydrogen-bond donors (Lipinski definition) is 0. The zero-order valence-electron chi connectivity index (χ0n) is 13.5. The molecule has 0 spiro atoms. The molecule has 3 rings (SSSR count). The fourth-order valence-electron chi connectivity index (χ4n) is 2.78. The van der Waals surface area contributed by atoms with Crippen LogP contribution >= 0.6 is 0 Å². The van der Waals surface area contributed by atoms with Gasteiger partial charge in [0.25, 0.3) is 5.56 Å². The molecule has 3 aromatic rings. The van der Waals surface area contributed by atoms with Crippen LogP contribution in [0.2, 0.25) is 0 Å². The Balaban J connectivity index is 2.47. The van der Waals surface area contributed by atoms with E-state index in [-0.39, 0.29) is 17.8 Å². The van der Waals surface area contributed by atoms with E-state index in [0.29, 0.717) is 23.5 Å². The van der Waals surface area contributed by atoms with Gasteiger partial charge < -0.3 is 4.57 Å². The molecule has 0 saturated heterocycles. The van der Waals surface area contributed by atoms with Gasteiger partial charge in [-0.3, -0.25) is 18.3 Å². The van der Waals surface area contributed by atoms with Crippen molar-refractivity contribution in [3.8, 4) is 0 Å². The van der Waals surface area contributed by atoms with Gasteiger partial charge in [0.05, 0.1) is 0 Å². The Morgan fingerprint density at radius 1 is 1.26 bits per heavy atom. The molecule has 23 heavy (non-hydrogen) atoms. The molecule has 0 atom stereocenters. The lowest BCUT2D eigenvalue weighted by Gasteiger charge is -2.05. The van der Waals surface area contributed by atoms with Crippen molar-refractivity contribution < 1.29 is 0 Å². The third-order valence-corrected chi connectivity index (χ3v) is 3.98. The highest BCUT2D eigenvalue weighted by molar-refractivity contribution is 5.75. The van der Waals surface area contributed by atoms with E-state index in [0.717, 1.165) is 5.69 Å². The molecular formula is C16H19N5O2. The second-order valence-electron chi connectivity index (χ2n) is 5.45. The van der Waals surface area contributed by atoms with Gasteiger partial charge in [0.1, 0.15) is 0 Å². The monoisotopic (exact) mass is 313 g/mol. The third-order valence-electron chi connectivity index (χ3n) is 3.98. The van der Waals surface area contributed by atoms with Crippen molar-refractivity contribution in [2.24, 2.45) is 7.05 Å². The highest BCUT2D eigenvalue weighted by atomic mass is 16.2. The first-order valence-electron chi connectivity index (χ1n) is 7.41. The van der Waals surface area contributed by atoms with Gasteiger partial charge >= 0.3 is 5.69 Å². The van der Waals surface area contributed by atoms with Crippen LogP contribution in [0.3, 0.4) is 0 Å². The minimum Gasteiger partial charge on any atom is -0.310 e. The molecule has 0 aromatic carbocycles. The molecule has 0 radical (unpaired) electrons. The number of nitrogens with zero attached hydrogens (tertiary/aromatic N) is 5. The average Bonchev–Trinajstić information content (AvgIpc) is 3.02. The lowest BCUT2D eigenvalue weighted by atomic mass is 10.4. The second-order valence-corrected chi connectivity index (χ2v) is 5.45. The van der Waals surface area contributed by atoms with Crippen LogP contribution < -0.4 is 11.2 Å². The molecule has 7 nitrogen and oxygen atoms in total. The van der Waals surface area contributed by atoms with Crippen molar-refractivity contribution in [2.45, 2.75) is 26.9 Å². The zero-order valence-corrected chi connectivity index (χ0v) is 13.5. The molecule has 0 fully saturated rings. The molecule has 0 bridgehead atoms. The van der Waals surface area contributed by atoms with Gasteiger partial charge in [0.2, 0.25) is 5.78 Å². The molecule has 0 saturated carbocycles. The topological polar surface area (TPSA) is 66.2 Å². The van der Waals surface area contributed by atoms with Crippen LogP contribution in [0.4, 0.5) is 0 Å². The van der Waals surface area contributed by atoms with Crippen LogP contribution in [0.5, 0.6) is 0 Å². The van der Waals surface area contributed by atoms with Crippen LogP contribution in [0, 0.1) is 6.92 Å². The van der Waals surface area contributed by atoms with E-state index in [9.17, 15) is 9.59 Å². The van der Waals surface area contributed by atoms with Crippen molar-refractivity contribution in [3.63, 3.8) is 0 Å². The number of aromatic nitrogens is 5. The van der Waals surface area contributed by atoms with Gasteiger partial charge in [-0.1, -0.05) is 18.2 Å². The Kier molecular flexibility index (Phi) is 3.55. The minimum atomic E-state index is -0.367. The molecule has 0 unspecified atom stereocenters. The molecule has 0 amide bonds. The molecule has 3 heterocycles. The van der Waals surface area contributed by atoms with Crippen molar-refractivity contribution in [1.82, 2.24) is 23.1 Å². The number of hydrogen-bond acceptors (Lipinski definition) is 3. The largest absolute Gasteiger partial charge is 0.332 e. The summed E-state index contributed by atoms with van der Waals surface area (Å²) < 4.78 is 6.34. The maximum absolute atomic E-state index is 12.8. The highest BCUT2D eigenvalue weighted by Gasteiger charge is 2.19. The summed E-state index contributed by atoms with van der Waals surface area (Å²) >= 11 is 0. The minimum absolute atomic E-state index is 0.248. The fraction of sp³-hybridized carbons (Fsp3) is 0.312. The summed E-state index contributed by atoms with van der Waals surface area (Å²) in [6.07, 6.45) is 7.23. The van der Waals surface area contributed by atoms with Crippen molar-refractivity contribution in [2.75, 3.05) is 0 Å². The van der Waals surface area contributed by atoms with E-state index < -0.39 is 0 Å². The summed E-state index contributed by atoms with van der Waals surface area (Å²) in [6, 6.07) is 0. The van der Waals surface area contributed by atoms with Gasteiger partial charge in [0.15, 0.2) is 11.2 Å². The lowest BCUT2D eigenvalue weighted by Crippen LogP contribution is -2.39. The molecule has 0 aliphatic carbocycles. The molecular weight excluding hydrogens is 294 g/mol. The number of imidazole rings is 2. The number of fused-ring (bicyclic) bond motifs is 3. The van der Waals surface area contributed by atoms with Gasteiger partial charge in [-0.05, 0) is 13.8 Å². The van der Waals surface area contributed by atoms with E-state index in [1.165, 1.54) is 9.13 Å². The van der Waals surface area contributed by atoms with E-state index >= 15 is 0 Å². The van der Waals surface area contributed by atoms with Crippen LogP contribution in [0.15, 0.2) is 40.6 Å². The third kappa shape index (κ3) is 2.08. The van der Waals surface area contributed by atoms with Crippen LogP contribution in [0.1, 0.15) is 12.6 Å². The summed E-state index contributed by atoms with van der Waals surface area (Å²) in [5.74, 6) is 0.633. The number of aryl methyl sites for hydroxylation is 2. The zero-order chi connectivity index (χ0) is 16.7. The normalized spacial score (nSPS) is 12.0. The molecule has 0 aliphatic rings. The van der Waals surface area contributed by atoms with Crippen LogP contribution in [-0.2, 0) is 20.1 Å². The molecule has 0 aliphatic heterocycles. The van der Waals surface area contributed by atoms with Gasteiger partial charge in [-0.15, -0.1) is 6.58 Å². The molecule has 120 valence electrons. The first kappa shape index (κ1) is 15.1. The van der Waals surface area contributed by atoms with E-state index in [4.69, 9.17) is 0 Å². The average molecular weight is 313 g/mol. The van der Waals surface area contributed by atoms with E-state index in [1.54, 1.807) is 23.6 Å². The maximum Gasteiger partial charge on any atom is 0.332 e. The predicted octanol–water partition coefficient (Wildman–Crippen LogP) is 1.22. The number of allylic oxidation sites excluding steroid dienone is 3. The van der Waals surface area contributed by atoms with Crippen molar-refractivity contribution >= 4 is 16.9 Å². The Morgan fingerprint density at radius 3 is 2.65 bits per heavy atom. The van der Waals surface area contributed by atoms with Gasteiger partial charge in [-0.25, -0.2) is 4.79 Å². The van der Waals surface area contributed by atoms with Crippen LogP contribution in [-0.4, -0.2) is 23.1 Å². The quantitative estimate of drug-likeness (QED) is 0.680. The summed E-state index contributed by atoms with van der Waals surface area (Å²) in [5.41, 5.74) is 1.09. The molecule has 7 heteroatoms. The smallest absolute Gasteiger partial charge is 0.310 e. The Bertz CT molecular complexity index is 1060. The standard InChI is InChI=1S/C16H19N5O2/c1-5-7-9-20-14(22)12-13(18(4)16(20)23)17-15-19(8-6-2)11(3)10-21(12)15/h5-7,10H,2,8-9H2,1,3-4H3. The first-order valence-corrected chi connectivity index (χ1v) is 7.41. The SMILES string of the molecule is C=CCn1c(C)cn2c3c(=O)n(CC=CC)c(=O)n(C)c3nc12. The molecule has 3 aromatic heterocycles. The van der Waals surface area contributed by atoms with Gasteiger partial charge in [0, 0.05) is 32.0 Å². The van der Waals surface area contributed by atoms with E-state index in [2.05, 4.69) is 11.6 Å². The summed E-state index contributed by atoms with van der Waals surface area (Å²) in [4.78, 5) is 29.7. The first-order chi connectivity index (χ1) is 11.0. The Hall–Kier alpha value is -2.83. The summed E-state index contributed by atoms with van der Waals surface area (Å²) in [6.45, 7) is 8.38. The highest BCUT2D eigenvalue weighted by Crippen LogP contribution is 2.16. The van der Waals surface area contributed by atoms with Crippen LogP contribution in [0.25, 0.3) is 16.9 Å². The summed E-state index contributed by atoms with van der Waals surface area (Å²) in [7, 11) is 1.63. The predicted molar refractivity (Wildman–Crippen MR) is 89.9 cm³/mol. The lowest BCUT2D eigenvalue weighted by molar-refractivity contribution is 0.666. The molecule has 0 N–H and O–H groups in total. The van der Waals surface area contributed by atoms with Gasteiger partial charge in [-0.2, -0.15) is 4.98 Å². The Morgan fingerprint density at radius 2 is 2.00 bits per heavy atom. The van der Waals surface area contributed by atoms with Crippen molar-refractivity contribution in [1.29, 1.82) is 0 Å². The second kappa shape index (κ2) is 5.42. The Labute approximate surface area is 132 Å². The van der Waals surface area contributed by atoms with E-state index in [1.807, 2.05) is 30.7 Å². The number of rotatable bonds is 4. The summed E-state index contributed by atoms with van der Waals surface area (Å²) in [5, 5.41) is 0.